The van der Waals surface area contributed by atoms with Crippen molar-refractivity contribution in [2.45, 2.75) is 24.2 Å². The summed E-state index contributed by atoms with van der Waals surface area (Å²) in [5, 5.41) is 5.42. The Hall–Kier alpha value is -3.32. The second-order valence-electron chi connectivity index (χ2n) is 6.92. The molecule has 0 saturated carbocycles. The summed E-state index contributed by atoms with van der Waals surface area (Å²) in [6.07, 6.45) is 2.97. The summed E-state index contributed by atoms with van der Waals surface area (Å²) in [6, 6.07) is 20.5. The molecule has 6 nitrogen and oxygen atoms in total. The fourth-order valence-electron chi connectivity index (χ4n) is 3.40. The first-order chi connectivity index (χ1) is 14.0. The summed E-state index contributed by atoms with van der Waals surface area (Å²) in [5.74, 6) is 0. The fourth-order valence-corrected chi connectivity index (χ4v) is 4.50. The minimum atomic E-state index is -3.71. The molecular formula is C22H21N3O3S. The van der Waals surface area contributed by atoms with E-state index in [0.717, 1.165) is 24.8 Å². The maximum atomic E-state index is 12.8. The number of urea groups is 1. The van der Waals surface area contributed by atoms with Crippen molar-refractivity contribution in [2.75, 3.05) is 15.4 Å². The lowest BCUT2D eigenvalue weighted by molar-refractivity contribution is 0.262. The Labute approximate surface area is 170 Å². The van der Waals surface area contributed by atoms with Gasteiger partial charge in [-0.3, -0.25) is 4.72 Å². The summed E-state index contributed by atoms with van der Waals surface area (Å²) in [5.41, 5.74) is 3.84. The molecule has 3 aromatic rings. The van der Waals surface area contributed by atoms with Crippen LogP contribution in [0, 0.1) is 0 Å². The van der Waals surface area contributed by atoms with Crippen molar-refractivity contribution in [3.8, 4) is 0 Å². The average molecular weight is 407 g/mol. The van der Waals surface area contributed by atoms with Gasteiger partial charge in [0.05, 0.1) is 10.6 Å². The number of anilines is 3. The highest BCUT2D eigenvalue weighted by atomic mass is 32.2. The zero-order valence-corrected chi connectivity index (χ0v) is 16.5. The van der Waals surface area contributed by atoms with Crippen LogP contribution in [0.25, 0.3) is 0 Å². The SMILES string of the molecule is O=C(Nc1ccccc1)Nc1cccc(NS(=O)(=O)c2ccc3c(c2)CCC3)c1. The number of benzene rings is 3. The number of fused-ring (bicyclic) bond motifs is 1. The molecule has 29 heavy (non-hydrogen) atoms. The minimum Gasteiger partial charge on any atom is -0.308 e. The number of para-hydroxylation sites is 1. The highest BCUT2D eigenvalue weighted by molar-refractivity contribution is 7.92. The molecule has 1 aliphatic carbocycles. The minimum absolute atomic E-state index is 0.248. The Bertz CT molecular complexity index is 1140. The molecule has 7 heteroatoms. The monoisotopic (exact) mass is 407 g/mol. The molecule has 1 aliphatic rings. The second kappa shape index (κ2) is 7.97. The maximum absolute atomic E-state index is 12.8. The molecule has 4 rings (SSSR count). The van der Waals surface area contributed by atoms with Crippen LogP contribution in [0.4, 0.5) is 21.9 Å². The zero-order valence-electron chi connectivity index (χ0n) is 15.7. The molecule has 0 radical (unpaired) electrons. The molecule has 0 saturated heterocycles. The van der Waals surface area contributed by atoms with Crippen LogP contribution in [-0.2, 0) is 22.9 Å². The largest absolute Gasteiger partial charge is 0.323 e. The van der Waals surface area contributed by atoms with Gasteiger partial charge in [-0.2, -0.15) is 0 Å². The van der Waals surface area contributed by atoms with Crippen LogP contribution in [0.3, 0.4) is 0 Å². The van der Waals surface area contributed by atoms with E-state index >= 15 is 0 Å². The van der Waals surface area contributed by atoms with E-state index in [9.17, 15) is 13.2 Å². The Morgan fingerprint density at radius 2 is 1.41 bits per heavy atom. The number of amides is 2. The molecule has 148 valence electrons. The van der Waals surface area contributed by atoms with Crippen molar-refractivity contribution in [3.05, 3.63) is 83.9 Å². The van der Waals surface area contributed by atoms with Crippen LogP contribution in [0.2, 0.25) is 0 Å². The van der Waals surface area contributed by atoms with E-state index in [1.165, 1.54) is 5.56 Å². The van der Waals surface area contributed by atoms with Crippen LogP contribution in [0.1, 0.15) is 17.5 Å². The first kappa shape index (κ1) is 19.0. The number of nitrogens with one attached hydrogen (secondary N) is 3. The Morgan fingerprint density at radius 1 is 0.724 bits per heavy atom. The third-order valence-corrected chi connectivity index (χ3v) is 6.16. The normalized spacial score (nSPS) is 12.8. The predicted molar refractivity (Wildman–Crippen MR) is 115 cm³/mol. The number of carbonyl (C=O) groups excluding carboxylic acids is 1. The van der Waals surface area contributed by atoms with Crippen LogP contribution < -0.4 is 15.4 Å². The van der Waals surface area contributed by atoms with Crippen molar-refractivity contribution in [3.63, 3.8) is 0 Å². The Morgan fingerprint density at radius 3 is 2.24 bits per heavy atom. The van der Waals surface area contributed by atoms with Gasteiger partial charge in [0.1, 0.15) is 0 Å². The predicted octanol–water partition coefficient (Wildman–Crippen LogP) is 4.62. The lowest BCUT2D eigenvalue weighted by Gasteiger charge is -2.12. The molecule has 2 amide bonds. The smallest absolute Gasteiger partial charge is 0.308 e. The van der Waals surface area contributed by atoms with Crippen LogP contribution in [-0.4, -0.2) is 14.4 Å². The number of rotatable bonds is 5. The number of hydrogen-bond donors (Lipinski definition) is 3. The van der Waals surface area contributed by atoms with Gasteiger partial charge in [0.15, 0.2) is 0 Å². The van der Waals surface area contributed by atoms with Gasteiger partial charge in [-0.05, 0) is 72.9 Å². The summed E-state index contributed by atoms with van der Waals surface area (Å²) < 4.78 is 28.1. The van der Waals surface area contributed by atoms with Gasteiger partial charge >= 0.3 is 6.03 Å². The molecule has 0 aliphatic heterocycles. The summed E-state index contributed by atoms with van der Waals surface area (Å²) >= 11 is 0. The van der Waals surface area contributed by atoms with Crippen molar-refractivity contribution in [2.24, 2.45) is 0 Å². The van der Waals surface area contributed by atoms with Crippen molar-refractivity contribution in [1.82, 2.24) is 0 Å². The first-order valence-electron chi connectivity index (χ1n) is 9.37. The van der Waals surface area contributed by atoms with E-state index in [1.807, 2.05) is 24.3 Å². The number of aryl methyl sites for hydroxylation is 2. The summed E-state index contributed by atoms with van der Waals surface area (Å²) in [6.45, 7) is 0. The van der Waals surface area contributed by atoms with Gasteiger partial charge in [-0.1, -0.05) is 30.3 Å². The molecule has 0 bridgehead atoms. The molecular weight excluding hydrogens is 386 g/mol. The summed E-state index contributed by atoms with van der Waals surface area (Å²) in [7, 11) is -3.71. The van der Waals surface area contributed by atoms with E-state index in [0.29, 0.717) is 17.1 Å². The van der Waals surface area contributed by atoms with Gasteiger partial charge in [0, 0.05) is 11.4 Å². The molecule has 0 aromatic heterocycles. The molecule has 0 fully saturated rings. The fraction of sp³-hybridized carbons (Fsp3) is 0.136. The lowest BCUT2D eigenvalue weighted by atomic mass is 10.1. The number of hydrogen-bond acceptors (Lipinski definition) is 3. The number of carbonyl (C=O) groups is 1. The molecule has 0 heterocycles. The Balaban J connectivity index is 1.46. The van der Waals surface area contributed by atoms with Crippen LogP contribution >= 0.6 is 0 Å². The van der Waals surface area contributed by atoms with Crippen LogP contribution in [0.15, 0.2) is 77.7 Å². The highest BCUT2D eigenvalue weighted by Crippen LogP contribution is 2.26. The number of sulfonamides is 1. The first-order valence-corrected chi connectivity index (χ1v) is 10.9. The zero-order chi connectivity index (χ0) is 20.3. The average Bonchev–Trinajstić information content (AvgIpc) is 3.16. The van der Waals surface area contributed by atoms with Crippen molar-refractivity contribution in [1.29, 1.82) is 0 Å². The second-order valence-corrected chi connectivity index (χ2v) is 8.60. The molecule has 0 atom stereocenters. The van der Waals surface area contributed by atoms with Crippen molar-refractivity contribution >= 4 is 33.1 Å². The summed E-state index contributed by atoms with van der Waals surface area (Å²) in [4.78, 5) is 12.4. The molecule has 3 aromatic carbocycles. The van der Waals surface area contributed by atoms with E-state index < -0.39 is 16.1 Å². The highest BCUT2D eigenvalue weighted by Gasteiger charge is 2.18. The third kappa shape index (κ3) is 4.57. The topological polar surface area (TPSA) is 87.3 Å². The Kier molecular flexibility index (Phi) is 5.22. The van der Waals surface area contributed by atoms with Gasteiger partial charge in [0.25, 0.3) is 10.0 Å². The lowest BCUT2D eigenvalue weighted by Crippen LogP contribution is -2.19. The van der Waals surface area contributed by atoms with Gasteiger partial charge in [0.2, 0.25) is 0 Å². The van der Waals surface area contributed by atoms with Gasteiger partial charge < -0.3 is 10.6 Å². The molecule has 3 N–H and O–H groups in total. The molecule has 0 unspecified atom stereocenters. The third-order valence-electron chi connectivity index (χ3n) is 4.78. The van der Waals surface area contributed by atoms with Crippen molar-refractivity contribution < 1.29 is 13.2 Å². The van der Waals surface area contributed by atoms with Crippen LogP contribution in [0.5, 0.6) is 0 Å². The van der Waals surface area contributed by atoms with Gasteiger partial charge in [-0.15, -0.1) is 0 Å². The van der Waals surface area contributed by atoms with Gasteiger partial charge in [-0.25, -0.2) is 13.2 Å². The van der Waals surface area contributed by atoms with E-state index in [4.69, 9.17) is 0 Å². The standard InChI is InChI=1S/C22H21N3O3S/c26-22(23-18-8-2-1-3-9-18)24-19-10-5-11-20(15-19)25-29(27,28)21-13-12-16-6-4-7-17(16)14-21/h1-3,5,8-15,25H,4,6-7H2,(H2,23,24,26). The van der Waals surface area contributed by atoms with E-state index in [1.54, 1.807) is 48.5 Å². The van der Waals surface area contributed by atoms with E-state index in [2.05, 4.69) is 15.4 Å². The van der Waals surface area contributed by atoms with E-state index in [-0.39, 0.29) is 4.90 Å². The quantitative estimate of drug-likeness (QED) is 0.577. The molecule has 0 spiro atoms. The maximum Gasteiger partial charge on any atom is 0.323 e.